The minimum Gasteiger partial charge on any atom is -0.462 e. The fourth-order valence-corrected chi connectivity index (χ4v) is 2.62. The SMILES string of the molecule is CC1CC(C)CC(OC(=O)C(C)CCN)C1. The minimum atomic E-state index is -0.0725. The van der Waals surface area contributed by atoms with Gasteiger partial charge in [0.15, 0.2) is 0 Å². The van der Waals surface area contributed by atoms with Gasteiger partial charge < -0.3 is 10.5 Å². The molecule has 3 heteroatoms. The van der Waals surface area contributed by atoms with E-state index in [2.05, 4.69) is 13.8 Å². The lowest BCUT2D eigenvalue weighted by Gasteiger charge is -2.31. The number of ether oxygens (including phenoxy) is 1. The van der Waals surface area contributed by atoms with Crippen LogP contribution < -0.4 is 5.73 Å². The molecule has 0 aromatic heterocycles. The fraction of sp³-hybridized carbons (Fsp3) is 0.923. The Bertz CT molecular complexity index is 220. The number of rotatable bonds is 4. The Morgan fingerprint density at radius 3 is 2.38 bits per heavy atom. The van der Waals surface area contributed by atoms with Gasteiger partial charge in [-0.15, -0.1) is 0 Å². The van der Waals surface area contributed by atoms with Crippen LogP contribution in [-0.2, 0) is 9.53 Å². The topological polar surface area (TPSA) is 52.3 Å². The highest BCUT2D eigenvalue weighted by atomic mass is 16.5. The van der Waals surface area contributed by atoms with Gasteiger partial charge in [-0.25, -0.2) is 0 Å². The van der Waals surface area contributed by atoms with E-state index in [-0.39, 0.29) is 18.0 Å². The molecule has 0 aromatic carbocycles. The Labute approximate surface area is 98.7 Å². The molecule has 94 valence electrons. The van der Waals surface area contributed by atoms with Crippen molar-refractivity contribution in [2.45, 2.75) is 52.6 Å². The fourth-order valence-electron chi connectivity index (χ4n) is 2.62. The molecule has 1 aliphatic carbocycles. The Balaban J connectivity index is 2.38. The highest BCUT2D eigenvalue weighted by molar-refractivity contribution is 5.72. The van der Waals surface area contributed by atoms with Crippen molar-refractivity contribution in [3.05, 3.63) is 0 Å². The maximum atomic E-state index is 11.7. The normalized spacial score (nSPS) is 32.1. The average Bonchev–Trinajstić information content (AvgIpc) is 2.16. The van der Waals surface area contributed by atoms with Gasteiger partial charge in [-0.05, 0) is 44.1 Å². The van der Waals surface area contributed by atoms with Crippen LogP contribution in [0.5, 0.6) is 0 Å². The zero-order valence-corrected chi connectivity index (χ0v) is 10.7. The summed E-state index contributed by atoms with van der Waals surface area (Å²) in [5, 5.41) is 0. The van der Waals surface area contributed by atoms with Gasteiger partial charge in [0.2, 0.25) is 0 Å². The minimum absolute atomic E-state index is 0.0578. The molecular weight excluding hydrogens is 202 g/mol. The highest BCUT2D eigenvalue weighted by Crippen LogP contribution is 2.30. The molecule has 3 atom stereocenters. The zero-order chi connectivity index (χ0) is 12.1. The Morgan fingerprint density at radius 2 is 1.88 bits per heavy atom. The molecule has 1 saturated carbocycles. The molecule has 16 heavy (non-hydrogen) atoms. The van der Waals surface area contributed by atoms with Crippen molar-refractivity contribution >= 4 is 5.97 Å². The molecular formula is C13H25NO2. The van der Waals surface area contributed by atoms with Gasteiger partial charge in [0.05, 0.1) is 5.92 Å². The quantitative estimate of drug-likeness (QED) is 0.750. The summed E-state index contributed by atoms with van der Waals surface area (Å²) in [5.41, 5.74) is 5.44. The number of nitrogens with two attached hydrogens (primary N) is 1. The molecule has 0 aromatic rings. The first-order valence-corrected chi connectivity index (χ1v) is 6.43. The summed E-state index contributed by atoms with van der Waals surface area (Å²) in [5.74, 6) is 1.21. The number of carbonyl (C=O) groups excluding carboxylic acids is 1. The van der Waals surface area contributed by atoms with Crippen molar-refractivity contribution in [1.82, 2.24) is 0 Å². The van der Waals surface area contributed by atoms with E-state index < -0.39 is 0 Å². The molecule has 3 nitrogen and oxygen atoms in total. The van der Waals surface area contributed by atoms with E-state index in [0.29, 0.717) is 18.4 Å². The standard InChI is InChI=1S/C13H25NO2/c1-9-6-10(2)8-12(7-9)16-13(15)11(3)4-5-14/h9-12H,4-8,14H2,1-3H3. The van der Waals surface area contributed by atoms with Crippen LogP contribution in [0.25, 0.3) is 0 Å². The lowest BCUT2D eigenvalue weighted by molar-refractivity contribution is -0.156. The number of esters is 1. The third kappa shape index (κ3) is 4.12. The molecule has 0 amide bonds. The predicted octanol–water partition coefficient (Wildman–Crippen LogP) is 2.34. The van der Waals surface area contributed by atoms with Crippen LogP contribution in [0.2, 0.25) is 0 Å². The van der Waals surface area contributed by atoms with E-state index >= 15 is 0 Å². The molecule has 0 saturated heterocycles. The Kier molecular flexibility index (Phi) is 5.26. The van der Waals surface area contributed by atoms with Crippen molar-refractivity contribution in [2.24, 2.45) is 23.5 Å². The first-order valence-electron chi connectivity index (χ1n) is 6.43. The van der Waals surface area contributed by atoms with Crippen molar-refractivity contribution in [3.63, 3.8) is 0 Å². The van der Waals surface area contributed by atoms with E-state index in [4.69, 9.17) is 10.5 Å². The number of hydrogen-bond donors (Lipinski definition) is 1. The number of hydrogen-bond acceptors (Lipinski definition) is 3. The third-order valence-electron chi connectivity index (χ3n) is 3.42. The molecule has 1 aliphatic rings. The van der Waals surface area contributed by atoms with Crippen molar-refractivity contribution < 1.29 is 9.53 Å². The monoisotopic (exact) mass is 227 g/mol. The van der Waals surface area contributed by atoms with E-state index in [1.165, 1.54) is 6.42 Å². The maximum Gasteiger partial charge on any atom is 0.308 e. The maximum absolute atomic E-state index is 11.7. The first-order chi connectivity index (χ1) is 7.52. The molecule has 0 spiro atoms. The third-order valence-corrected chi connectivity index (χ3v) is 3.42. The van der Waals surface area contributed by atoms with Gasteiger partial charge in [-0.2, -0.15) is 0 Å². The molecule has 0 aliphatic heterocycles. The molecule has 2 N–H and O–H groups in total. The van der Waals surface area contributed by atoms with E-state index in [1.807, 2.05) is 6.92 Å². The largest absolute Gasteiger partial charge is 0.462 e. The molecule has 3 unspecified atom stereocenters. The summed E-state index contributed by atoms with van der Waals surface area (Å²) in [6.07, 6.45) is 4.14. The highest BCUT2D eigenvalue weighted by Gasteiger charge is 2.27. The van der Waals surface area contributed by atoms with Gasteiger partial charge in [0.25, 0.3) is 0 Å². The van der Waals surface area contributed by atoms with E-state index in [9.17, 15) is 4.79 Å². The summed E-state index contributed by atoms with van der Waals surface area (Å²) in [7, 11) is 0. The van der Waals surface area contributed by atoms with Gasteiger partial charge in [0.1, 0.15) is 6.10 Å². The van der Waals surface area contributed by atoms with Crippen LogP contribution in [0, 0.1) is 17.8 Å². The lowest BCUT2D eigenvalue weighted by Crippen LogP contribution is -2.30. The van der Waals surface area contributed by atoms with Crippen LogP contribution in [0.15, 0.2) is 0 Å². The molecule has 0 heterocycles. The summed E-state index contributed by atoms with van der Waals surface area (Å²) in [6.45, 7) is 6.91. The zero-order valence-electron chi connectivity index (χ0n) is 10.7. The van der Waals surface area contributed by atoms with E-state index in [1.54, 1.807) is 0 Å². The van der Waals surface area contributed by atoms with Crippen molar-refractivity contribution in [3.8, 4) is 0 Å². The lowest BCUT2D eigenvalue weighted by atomic mass is 9.82. The first kappa shape index (κ1) is 13.5. The molecule has 0 radical (unpaired) electrons. The Hall–Kier alpha value is -0.570. The van der Waals surface area contributed by atoms with Crippen LogP contribution in [0.4, 0.5) is 0 Å². The smallest absolute Gasteiger partial charge is 0.308 e. The van der Waals surface area contributed by atoms with Gasteiger partial charge in [0, 0.05) is 0 Å². The second kappa shape index (κ2) is 6.24. The van der Waals surface area contributed by atoms with Gasteiger partial charge >= 0.3 is 5.97 Å². The molecule has 0 bridgehead atoms. The molecule has 1 rings (SSSR count). The second-order valence-corrected chi connectivity index (χ2v) is 5.45. The summed E-state index contributed by atoms with van der Waals surface area (Å²) in [4.78, 5) is 11.7. The molecule has 1 fully saturated rings. The average molecular weight is 227 g/mol. The van der Waals surface area contributed by atoms with E-state index in [0.717, 1.165) is 19.3 Å². The van der Waals surface area contributed by atoms with Crippen LogP contribution >= 0.6 is 0 Å². The van der Waals surface area contributed by atoms with Crippen LogP contribution in [0.1, 0.15) is 46.5 Å². The summed E-state index contributed by atoms with van der Waals surface area (Å²) in [6, 6.07) is 0. The second-order valence-electron chi connectivity index (χ2n) is 5.45. The number of carbonyl (C=O) groups is 1. The summed E-state index contributed by atoms with van der Waals surface area (Å²) < 4.78 is 5.55. The van der Waals surface area contributed by atoms with Crippen molar-refractivity contribution in [1.29, 1.82) is 0 Å². The van der Waals surface area contributed by atoms with Crippen LogP contribution in [-0.4, -0.2) is 18.6 Å². The van der Waals surface area contributed by atoms with Gasteiger partial charge in [-0.3, -0.25) is 4.79 Å². The van der Waals surface area contributed by atoms with Gasteiger partial charge in [-0.1, -0.05) is 20.8 Å². The van der Waals surface area contributed by atoms with Crippen molar-refractivity contribution in [2.75, 3.05) is 6.54 Å². The predicted molar refractivity (Wildman–Crippen MR) is 64.9 cm³/mol. The Morgan fingerprint density at radius 1 is 1.31 bits per heavy atom. The summed E-state index contributed by atoms with van der Waals surface area (Å²) >= 11 is 0. The van der Waals surface area contributed by atoms with Crippen LogP contribution in [0.3, 0.4) is 0 Å².